The molecule has 0 aliphatic heterocycles. The largest absolute Gasteiger partial charge is 0.463 e. The molecule has 0 unspecified atom stereocenters. The van der Waals surface area contributed by atoms with Crippen molar-refractivity contribution < 1.29 is 9.53 Å². The fraction of sp³-hybridized carbons (Fsp3) is 0.211. The normalized spacial score (nSPS) is 11.0. The molecule has 0 radical (unpaired) electrons. The fourth-order valence-electron chi connectivity index (χ4n) is 1.93. The highest BCUT2D eigenvalue weighted by molar-refractivity contribution is 9.10. The zero-order valence-corrected chi connectivity index (χ0v) is 17.5. The molecule has 2 aromatic rings. The van der Waals surface area contributed by atoms with E-state index in [2.05, 4.69) is 15.9 Å². The van der Waals surface area contributed by atoms with Crippen LogP contribution in [0.2, 0.25) is 10.0 Å². The standard InChI is InChI=1S/C19H17BrCl2O2S/c1-2-3-11-24-17(23)10-8-13-7-9-16(19(22)18(13)21)25-15-6-4-5-14(20)12-15/h4-10,12H,2-3,11H2,1H3/b10-8+. The molecule has 2 nitrogen and oxygen atoms in total. The van der Waals surface area contributed by atoms with Gasteiger partial charge in [-0.1, -0.05) is 76.4 Å². The lowest BCUT2D eigenvalue weighted by Gasteiger charge is -2.08. The van der Waals surface area contributed by atoms with Crippen LogP contribution in [0.4, 0.5) is 0 Å². The van der Waals surface area contributed by atoms with Crippen LogP contribution in [0.5, 0.6) is 0 Å². The minimum atomic E-state index is -0.381. The van der Waals surface area contributed by atoms with E-state index in [9.17, 15) is 4.79 Å². The van der Waals surface area contributed by atoms with Gasteiger partial charge in [-0.2, -0.15) is 0 Å². The number of rotatable bonds is 7. The van der Waals surface area contributed by atoms with Crippen molar-refractivity contribution in [2.75, 3.05) is 6.61 Å². The van der Waals surface area contributed by atoms with Crippen LogP contribution in [0.25, 0.3) is 6.08 Å². The zero-order valence-electron chi connectivity index (χ0n) is 13.6. The van der Waals surface area contributed by atoms with Crippen molar-refractivity contribution in [1.29, 1.82) is 0 Å². The summed E-state index contributed by atoms with van der Waals surface area (Å²) in [5.74, 6) is -0.381. The number of benzene rings is 2. The van der Waals surface area contributed by atoms with E-state index in [1.54, 1.807) is 6.08 Å². The van der Waals surface area contributed by atoms with Crippen molar-refractivity contribution >= 4 is 62.9 Å². The van der Waals surface area contributed by atoms with Crippen LogP contribution < -0.4 is 0 Å². The summed E-state index contributed by atoms with van der Waals surface area (Å²) in [6.45, 7) is 2.47. The number of hydrogen-bond acceptors (Lipinski definition) is 3. The van der Waals surface area contributed by atoms with E-state index in [-0.39, 0.29) is 5.97 Å². The van der Waals surface area contributed by atoms with Crippen molar-refractivity contribution in [3.05, 3.63) is 62.6 Å². The van der Waals surface area contributed by atoms with E-state index >= 15 is 0 Å². The monoisotopic (exact) mass is 458 g/mol. The Kier molecular flexibility index (Phi) is 8.37. The molecule has 0 amide bonds. The van der Waals surface area contributed by atoms with E-state index in [4.69, 9.17) is 27.9 Å². The molecule has 0 saturated heterocycles. The molecule has 0 atom stereocenters. The van der Waals surface area contributed by atoms with Crippen molar-refractivity contribution in [1.82, 2.24) is 0 Å². The van der Waals surface area contributed by atoms with Gasteiger partial charge in [0.1, 0.15) is 0 Å². The summed E-state index contributed by atoms with van der Waals surface area (Å²) in [5.41, 5.74) is 0.678. The van der Waals surface area contributed by atoms with E-state index in [1.807, 2.05) is 43.3 Å². The van der Waals surface area contributed by atoms with Gasteiger partial charge in [0.15, 0.2) is 0 Å². The van der Waals surface area contributed by atoms with Gasteiger partial charge >= 0.3 is 5.97 Å². The molecule has 0 spiro atoms. The number of carbonyl (C=O) groups is 1. The molecular formula is C19H17BrCl2O2S. The summed E-state index contributed by atoms with van der Waals surface area (Å²) in [5, 5.41) is 0.882. The second-order valence-electron chi connectivity index (χ2n) is 5.19. The Balaban J connectivity index is 2.10. The predicted octanol–water partition coefficient (Wildman–Crippen LogP) is 7.26. The lowest BCUT2D eigenvalue weighted by atomic mass is 10.2. The third-order valence-corrected chi connectivity index (χ3v) is 5.79. The number of unbranched alkanes of at least 4 members (excludes halogenated alkanes) is 1. The third-order valence-electron chi connectivity index (χ3n) is 3.24. The Labute approximate surface area is 170 Å². The molecule has 0 aliphatic rings. The Morgan fingerprint density at radius 2 is 2.04 bits per heavy atom. The maximum atomic E-state index is 11.6. The SMILES string of the molecule is CCCCOC(=O)/C=C/c1ccc(Sc2cccc(Br)c2)c(Cl)c1Cl. The molecule has 0 heterocycles. The summed E-state index contributed by atoms with van der Waals surface area (Å²) < 4.78 is 6.08. The average molecular weight is 460 g/mol. The van der Waals surface area contributed by atoms with Gasteiger partial charge in [-0.05, 0) is 42.3 Å². The van der Waals surface area contributed by atoms with E-state index in [0.717, 1.165) is 27.1 Å². The van der Waals surface area contributed by atoms with Crippen LogP contribution in [-0.4, -0.2) is 12.6 Å². The maximum absolute atomic E-state index is 11.6. The Hall–Kier alpha value is -0.940. The van der Waals surface area contributed by atoms with Gasteiger partial charge in [0.2, 0.25) is 0 Å². The van der Waals surface area contributed by atoms with Crippen LogP contribution in [0.15, 0.2) is 56.7 Å². The molecule has 2 aromatic carbocycles. The van der Waals surface area contributed by atoms with Crippen molar-refractivity contribution in [3.63, 3.8) is 0 Å². The van der Waals surface area contributed by atoms with Gasteiger partial charge in [0, 0.05) is 20.3 Å². The first-order valence-corrected chi connectivity index (χ1v) is 10.1. The maximum Gasteiger partial charge on any atom is 0.330 e. The first-order chi connectivity index (χ1) is 12.0. The van der Waals surface area contributed by atoms with Gasteiger partial charge in [0.05, 0.1) is 16.7 Å². The summed E-state index contributed by atoms with van der Waals surface area (Å²) in [6, 6.07) is 11.7. The van der Waals surface area contributed by atoms with Crippen LogP contribution >= 0.6 is 50.9 Å². The molecule has 0 aliphatic carbocycles. The van der Waals surface area contributed by atoms with Crippen molar-refractivity contribution in [3.8, 4) is 0 Å². The van der Waals surface area contributed by atoms with E-state index < -0.39 is 0 Å². The Morgan fingerprint density at radius 1 is 1.24 bits per heavy atom. The molecule has 25 heavy (non-hydrogen) atoms. The van der Waals surface area contributed by atoms with Gasteiger partial charge in [0.25, 0.3) is 0 Å². The molecule has 0 fully saturated rings. The highest BCUT2D eigenvalue weighted by Gasteiger charge is 2.10. The first-order valence-electron chi connectivity index (χ1n) is 7.77. The zero-order chi connectivity index (χ0) is 18.2. The lowest BCUT2D eigenvalue weighted by Crippen LogP contribution is -2.01. The molecular weight excluding hydrogens is 443 g/mol. The molecule has 2 rings (SSSR count). The second-order valence-corrected chi connectivity index (χ2v) is 7.98. The number of carbonyl (C=O) groups excluding carboxylic acids is 1. The van der Waals surface area contributed by atoms with Crippen molar-refractivity contribution in [2.45, 2.75) is 29.6 Å². The highest BCUT2D eigenvalue weighted by Crippen LogP contribution is 2.39. The molecule has 0 N–H and O–H groups in total. The molecule has 6 heteroatoms. The molecule has 0 saturated carbocycles. The smallest absolute Gasteiger partial charge is 0.330 e. The van der Waals surface area contributed by atoms with Crippen LogP contribution in [0, 0.1) is 0 Å². The van der Waals surface area contributed by atoms with E-state index in [1.165, 1.54) is 17.8 Å². The number of esters is 1. The van der Waals surface area contributed by atoms with Gasteiger partial charge < -0.3 is 4.74 Å². The van der Waals surface area contributed by atoms with Crippen LogP contribution in [0.1, 0.15) is 25.3 Å². The molecule has 0 aromatic heterocycles. The van der Waals surface area contributed by atoms with Gasteiger partial charge in [-0.3, -0.25) is 0 Å². The van der Waals surface area contributed by atoms with Crippen molar-refractivity contribution in [2.24, 2.45) is 0 Å². The topological polar surface area (TPSA) is 26.3 Å². The van der Waals surface area contributed by atoms with Gasteiger partial charge in [-0.25, -0.2) is 4.79 Å². The minimum absolute atomic E-state index is 0.381. The first kappa shape index (κ1) is 20.4. The van der Waals surface area contributed by atoms with E-state index in [0.29, 0.717) is 22.2 Å². The molecule has 132 valence electrons. The summed E-state index contributed by atoms with van der Waals surface area (Å²) in [7, 11) is 0. The fourth-order valence-corrected chi connectivity index (χ4v) is 3.97. The third kappa shape index (κ3) is 6.37. The predicted molar refractivity (Wildman–Crippen MR) is 110 cm³/mol. The highest BCUT2D eigenvalue weighted by atomic mass is 79.9. The summed E-state index contributed by atoms with van der Waals surface area (Å²) in [4.78, 5) is 13.5. The number of halogens is 3. The summed E-state index contributed by atoms with van der Waals surface area (Å²) in [6.07, 6.45) is 4.83. The Morgan fingerprint density at radius 3 is 2.76 bits per heavy atom. The van der Waals surface area contributed by atoms with Crippen LogP contribution in [-0.2, 0) is 9.53 Å². The molecule has 0 bridgehead atoms. The minimum Gasteiger partial charge on any atom is -0.463 e. The van der Waals surface area contributed by atoms with Gasteiger partial charge in [-0.15, -0.1) is 0 Å². The number of hydrogen-bond donors (Lipinski definition) is 0. The lowest BCUT2D eigenvalue weighted by molar-refractivity contribution is -0.137. The second kappa shape index (κ2) is 10.3. The van der Waals surface area contributed by atoms with Crippen LogP contribution in [0.3, 0.4) is 0 Å². The number of ether oxygens (including phenoxy) is 1. The quantitative estimate of drug-likeness (QED) is 0.247. The Bertz CT molecular complexity index is 778. The average Bonchev–Trinajstić information content (AvgIpc) is 2.59. The summed E-state index contributed by atoms with van der Waals surface area (Å²) >= 11 is 17.7.